The smallest absolute Gasteiger partial charge is 0.0468 e. The van der Waals surface area contributed by atoms with E-state index in [1.165, 1.54) is 44.2 Å². The molecule has 2 nitrogen and oxygen atoms in total. The Morgan fingerprint density at radius 3 is 1.31 bits per heavy atom. The molecular weight excluding hydrogens is 593 g/mol. The first-order chi connectivity index (χ1) is 24.2. The maximum atomic E-state index is 2.35. The van der Waals surface area contributed by atoms with Crippen molar-refractivity contribution in [1.29, 1.82) is 0 Å². The molecule has 0 aromatic heterocycles. The molecule has 0 unspecified atom stereocenters. The summed E-state index contributed by atoms with van der Waals surface area (Å²) in [7, 11) is 2.13. The van der Waals surface area contributed by atoms with Gasteiger partial charge in [0, 0.05) is 35.5 Å². The molecule has 8 aromatic rings. The Morgan fingerprint density at radius 2 is 0.694 bits per heavy atom. The molecule has 0 amide bonds. The van der Waals surface area contributed by atoms with Crippen LogP contribution >= 0.6 is 0 Å². The van der Waals surface area contributed by atoms with Crippen molar-refractivity contribution in [3.8, 4) is 33.4 Å². The van der Waals surface area contributed by atoms with Crippen molar-refractivity contribution >= 4 is 39.2 Å². The lowest BCUT2D eigenvalue weighted by Crippen LogP contribution is -2.10. The van der Waals surface area contributed by atoms with Crippen LogP contribution in [-0.4, -0.2) is 7.05 Å². The number of fused-ring (bicyclic) bond motifs is 1. The zero-order valence-electron chi connectivity index (χ0n) is 27.4. The third-order valence-electron chi connectivity index (χ3n) is 9.26. The number of hydrogen-bond acceptors (Lipinski definition) is 2. The van der Waals surface area contributed by atoms with Crippen LogP contribution in [0.2, 0.25) is 0 Å². The molecule has 0 N–H and O–H groups in total. The van der Waals surface area contributed by atoms with Crippen molar-refractivity contribution in [3.63, 3.8) is 0 Å². The van der Waals surface area contributed by atoms with Crippen LogP contribution in [0, 0.1) is 0 Å². The lowest BCUT2D eigenvalue weighted by molar-refractivity contribution is 1.21. The van der Waals surface area contributed by atoms with E-state index in [1.54, 1.807) is 0 Å². The number of nitrogens with zero attached hydrogens (tertiary/aromatic N) is 2. The van der Waals surface area contributed by atoms with Crippen LogP contribution in [-0.2, 0) is 0 Å². The van der Waals surface area contributed by atoms with Gasteiger partial charge in [-0.05, 0) is 105 Å². The normalized spacial score (nSPS) is 11.0. The summed E-state index contributed by atoms with van der Waals surface area (Å²) in [5, 5.41) is 2.45. The van der Waals surface area contributed by atoms with Gasteiger partial charge in [0.25, 0.3) is 0 Å². The molecule has 0 aliphatic carbocycles. The van der Waals surface area contributed by atoms with Crippen LogP contribution in [0.15, 0.2) is 200 Å². The molecule has 0 atom stereocenters. The lowest BCUT2D eigenvalue weighted by Gasteiger charge is -2.26. The predicted octanol–water partition coefficient (Wildman–Crippen LogP) is 13.1. The van der Waals surface area contributed by atoms with E-state index >= 15 is 0 Å². The topological polar surface area (TPSA) is 6.48 Å². The molecule has 2 heteroatoms. The van der Waals surface area contributed by atoms with Crippen molar-refractivity contribution in [2.45, 2.75) is 0 Å². The Balaban J connectivity index is 1.10. The molecule has 8 aromatic carbocycles. The third kappa shape index (κ3) is 6.33. The Morgan fingerprint density at radius 1 is 0.265 bits per heavy atom. The van der Waals surface area contributed by atoms with Crippen LogP contribution in [0.25, 0.3) is 44.2 Å². The van der Waals surface area contributed by atoms with Gasteiger partial charge in [0.15, 0.2) is 0 Å². The van der Waals surface area contributed by atoms with Gasteiger partial charge in [0.05, 0.1) is 0 Å². The summed E-state index contributed by atoms with van der Waals surface area (Å²) in [6.07, 6.45) is 0. The lowest BCUT2D eigenvalue weighted by atomic mass is 10.0. The van der Waals surface area contributed by atoms with Crippen molar-refractivity contribution in [2.75, 3.05) is 16.8 Å². The summed E-state index contributed by atoms with van der Waals surface area (Å²) in [6, 6.07) is 71.6. The number of benzene rings is 8. The predicted molar refractivity (Wildman–Crippen MR) is 209 cm³/mol. The molecule has 234 valence electrons. The zero-order chi connectivity index (χ0) is 33.0. The first-order valence-electron chi connectivity index (χ1n) is 16.7. The molecule has 0 aliphatic heterocycles. The van der Waals surface area contributed by atoms with Gasteiger partial charge in [0.2, 0.25) is 0 Å². The molecule has 49 heavy (non-hydrogen) atoms. The zero-order valence-corrected chi connectivity index (χ0v) is 27.4. The van der Waals surface area contributed by atoms with Gasteiger partial charge in [0.1, 0.15) is 0 Å². The minimum absolute atomic E-state index is 1.11. The summed E-state index contributed by atoms with van der Waals surface area (Å²) in [6.45, 7) is 0. The molecule has 8 rings (SSSR count). The van der Waals surface area contributed by atoms with Crippen LogP contribution in [0.4, 0.5) is 28.4 Å². The Bertz CT molecular complexity index is 2330. The Labute approximate surface area is 288 Å². The molecule has 0 aliphatic rings. The SMILES string of the molecule is CN(c1ccc(-c2ccc(N(c3cccc(-c4ccccc4)c3)c3ccc4ccccc4c3)cc2)cc1)c1cccc(-c2ccccc2)c1. The van der Waals surface area contributed by atoms with Gasteiger partial charge in [-0.1, -0.05) is 140 Å². The minimum Gasteiger partial charge on any atom is -0.345 e. The van der Waals surface area contributed by atoms with Crippen molar-refractivity contribution in [2.24, 2.45) is 0 Å². The number of anilines is 5. The highest BCUT2D eigenvalue weighted by Gasteiger charge is 2.15. The van der Waals surface area contributed by atoms with Gasteiger partial charge >= 0.3 is 0 Å². The Kier molecular flexibility index (Phi) is 8.19. The average Bonchev–Trinajstić information content (AvgIpc) is 3.19. The summed E-state index contributed by atoms with van der Waals surface area (Å²) in [5.74, 6) is 0. The fourth-order valence-corrected chi connectivity index (χ4v) is 6.57. The van der Waals surface area contributed by atoms with Gasteiger partial charge < -0.3 is 9.80 Å². The van der Waals surface area contributed by atoms with E-state index in [0.29, 0.717) is 0 Å². The molecular formula is C47H36N2. The summed E-state index contributed by atoms with van der Waals surface area (Å²) < 4.78 is 0. The average molecular weight is 629 g/mol. The van der Waals surface area contributed by atoms with Gasteiger partial charge in [-0.3, -0.25) is 0 Å². The van der Waals surface area contributed by atoms with Crippen LogP contribution in [0.5, 0.6) is 0 Å². The highest BCUT2D eigenvalue weighted by molar-refractivity contribution is 5.90. The number of hydrogen-bond donors (Lipinski definition) is 0. The fraction of sp³-hybridized carbons (Fsp3) is 0.0213. The van der Waals surface area contributed by atoms with Gasteiger partial charge in [-0.2, -0.15) is 0 Å². The largest absolute Gasteiger partial charge is 0.345 e. The van der Waals surface area contributed by atoms with Crippen LogP contribution < -0.4 is 9.80 Å². The van der Waals surface area contributed by atoms with E-state index < -0.39 is 0 Å². The highest BCUT2D eigenvalue weighted by atomic mass is 15.1. The maximum absolute atomic E-state index is 2.35. The van der Waals surface area contributed by atoms with Gasteiger partial charge in [-0.25, -0.2) is 0 Å². The van der Waals surface area contributed by atoms with Crippen molar-refractivity contribution in [3.05, 3.63) is 200 Å². The summed E-state index contributed by atoms with van der Waals surface area (Å²) in [5.41, 5.74) is 12.9. The van der Waals surface area contributed by atoms with E-state index in [1.807, 2.05) is 0 Å². The summed E-state index contributed by atoms with van der Waals surface area (Å²) >= 11 is 0. The second-order valence-electron chi connectivity index (χ2n) is 12.4. The standard InChI is InChI=1S/C47H36N2/c1-48(45-20-10-18-41(32-45)35-12-4-2-5-13-35)43-27-22-38(23-28-43)39-24-29-44(30-25-39)49(47-31-26-37-16-8-9-17-40(37)34-47)46-21-11-19-42(33-46)36-14-6-3-7-15-36/h2-34H,1H3. The summed E-state index contributed by atoms with van der Waals surface area (Å²) in [4.78, 5) is 4.59. The van der Waals surface area contributed by atoms with Crippen LogP contribution in [0.3, 0.4) is 0 Å². The minimum atomic E-state index is 1.11. The van der Waals surface area contributed by atoms with Gasteiger partial charge in [-0.15, -0.1) is 0 Å². The molecule has 0 heterocycles. The van der Waals surface area contributed by atoms with Crippen molar-refractivity contribution in [1.82, 2.24) is 0 Å². The van der Waals surface area contributed by atoms with E-state index in [0.717, 1.165) is 28.4 Å². The third-order valence-corrected chi connectivity index (χ3v) is 9.26. The second-order valence-corrected chi connectivity index (χ2v) is 12.4. The molecule has 0 saturated heterocycles. The molecule has 0 bridgehead atoms. The molecule has 0 spiro atoms. The quantitative estimate of drug-likeness (QED) is 0.165. The maximum Gasteiger partial charge on any atom is 0.0468 e. The van der Waals surface area contributed by atoms with E-state index in [4.69, 9.17) is 0 Å². The molecule has 0 saturated carbocycles. The molecule has 0 radical (unpaired) electrons. The monoisotopic (exact) mass is 628 g/mol. The van der Waals surface area contributed by atoms with E-state index in [-0.39, 0.29) is 0 Å². The van der Waals surface area contributed by atoms with E-state index in [2.05, 4.69) is 217 Å². The first kappa shape index (κ1) is 30.0. The highest BCUT2D eigenvalue weighted by Crippen LogP contribution is 2.39. The van der Waals surface area contributed by atoms with Crippen LogP contribution in [0.1, 0.15) is 0 Å². The first-order valence-corrected chi connectivity index (χ1v) is 16.7. The second kappa shape index (κ2) is 13.4. The number of rotatable bonds is 8. The Hall–Kier alpha value is -6.38. The molecule has 0 fully saturated rings. The van der Waals surface area contributed by atoms with Crippen molar-refractivity contribution < 1.29 is 0 Å². The van der Waals surface area contributed by atoms with E-state index in [9.17, 15) is 0 Å². The fourth-order valence-electron chi connectivity index (χ4n) is 6.57.